The Morgan fingerprint density at radius 1 is 1.31 bits per heavy atom. The summed E-state index contributed by atoms with van der Waals surface area (Å²) < 4.78 is 5.43. The van der Waals surface area contributed by atoms with E-state index in [1.54, 1.807) is 0 Å². The highest BCUT2D eigenvalue weighted by Crippen LogP contribution is 2.17. The van der Waals surface area contributed by atoms with Gasteiger partial charge in [-0.3, -0.25) is 4.79 Å². The maximum absolute atomic E-state index is 11.7. The summed E-state index contributed by atoms with van der Waals surface area (Å²) >= 11 is 0. The molecule has 1 aliphatic rings. The molecule has 0 aliphatic carbocycles. The zero-order chi connectivity index (χ0) is 11.8. The predicted molar refractivity (Wildman–Crippen MR) is 59.0 cm³/mol. The molecule has 0 aromatic heterocycles. The second-order valence-electron chi connectivity index (χ2n) is 4.00. The van der Waals surface area contributed by atoms with Crippen molar-refractivity contribution in [2.24, 2.45) is 0 Å². The molecule has 1 unspecified atom stereocenters. The molecular formula is C11H21NO4. The third kappa shape index (κ3) is 4.47. The molecule has 0 spiro atoms. The molecule has 1 saturated heterocycles. The van der Waals surface area contributed by atoms with E-state index in [9.17, 15) is 4.79 Å². The van der Waals surface area contributed by atoms with Gasteiger partial charge in [0.1, 0.15) is 0 Å². The second-order valence-corrected chi connectivity index (χ2v) is 4.00. The number of hydrogen-bond acceptors (Lipinski definition) is 4. The van der Waals surface area contributed by atoms with Crippen molar-refractivity contribution in [3.63, 3.8) is 0 Å². The fourth-order valence-electron chi connectivity index (χ4n) is 1.92. The lowest BCUT2D eigenvalue weighted by Crippen LogP contribution is -2.36. The van der Waals surface area contributed by atoms with Crippen molar-refractivity contribution in [1.82, 2.24) is 4.90 Å². The highest BCUT2D eigenvalue weighted by Gasteiger charge is 2.19. The van der Waals surface area contributed by atoms with E-state index in [4.69, 9.17) is 14.9 Å². The first-order valence-electron chi connectivity index (χ1n) is 5.89. The van der Waals surface area contributed by atoms with Gasteiger partial charge in [0.25, 0.3) is 0 Å². The van der Waals surface area contributed by atoms with Gasteiger partial charge < -0.3 is 19.8 Å². The van der Waals surface area contributed by atoms with Crippen LogP contribution in [-0.4, -0.2) is 60.0 Å². The number of aliphatic hydroxyl groups excluding tert-OH is 2. The fraction of sp³-hybridized carbons (Fsp3) is 0.909. The Balaban J connectivity index is 2.24. The van der Waals surface area contributed by atoms with Gasteiger partial charge in [-0.25, -0.2) is 0 Å². The molecule has 16 heavy (non-hydrogen) atoms. The Bertz CT molecular complexity index is 198. The zero-order valence-corrected chi connectivity index (χ0v) is 9.60. The fourth-order valence-corrected chi connectivity index (χ4v) is 1.92. The van der Waals surface area contributed by atoms with Crippen LogP contribution >= 0.6 is 0 Å². The molecule has 0 aromatic carbocycles. The van der Waals surface area contributed by atoms with Crippen LogP contribution in [0.3, 0.4) is 0 Å². The highest BCUT2D eigenvalue weighted by molar-refractivity contribution is 5.76. The SMILES string of the molecule is O=C(CCC1CCCO1)N(CCO)CCO. The summed E-state index contributed by atoms with van der Waals surface area (Å²) in [5, 5.41) is 17.6. The first-order chi connectivity index (χ1) is 7.77. The number of carbonyl (C=O) groups is 1. The van der Waals surface area contributed by atoms with Crippen molar-refractivity contribution in [3.8, 4) is 0 Å². The normalized spacial score (nSPS) is 20.0. The maximum atomic E-state index is 11.7. The Morgan fingerprint density at radius 3 is 2.50 bits per heavy atom. The summed E-state index contributed by atoms with van der Waals surface area (Å²) in [6.07, 6.45) is 3.51. The molecule has 1 atom stereocenters. The summed E-state index contributed by atoms with van der Waals surface area (Å²) in [4.78, 5) is 13.2. The minimum Gasteiger partial charge on any atom is -0.395 e. The molecule has 1 rings (SSSR count). The number of rotatable bonds is 7. The van der Waals surface area contributed by atoms with E-state index < -0.39 is 0 Å². The molecule has 5 heteroatoms. The molecule has 5 nitrogen and oxygen atoms in total. The van der Waals surface area contributed by atoms with Crippen LogP contribution in [0.2, 0.25) is 0 Å². The van der Waals surface area contributed by atoms with E-state index in [1.807, 2.05) is 0 Å². The highest BCUT2D eigenvalue weighted by atomic mass is 16.5. The minimum absolute atomic E-state index is 0.0152. The van der Waals surface area contributed by atoms with Crippen molar-refractivity contribution < 1.29 is 19.7 Å². The molecule has 1 amide bonds. The standard InChI is InChI=1S/C11H21NO4/c13-7-5-12(6-8-14)11(15)4-3-10-2-1-9-16-10/h10,13-14H,1-9H2. The quantitative estimate of drug-likeness (QED) is 0.634. The monoisotopic (exact) mass is 231 g/mol. The molecule has 0 radical (unpaired) electrons. The van der Waals surface area contributed by atoms with E-state index in [1.165, 1.54) is 4.90 Å². The molecule has 0 saturated carbocycles. The van der Waals surface area contributed by atoms with Crippen LogP contribution in [0.25, 0.3) is 0 Å². The van der Waals surface area contributed by atoms with Crippen molar-refractivity contribution in [1.29, 1.82) is 0 Å². The van der Waals surface area contributed by atoms with E-state index in [0.29, 0.717) is 19.5 Å². The van der Waals surface area contributed by atoms with Crippen LogP contribution in [-0.2, 0) is 9.53 Å². The van der Waals surface area contributed by atoms with Crippen LogP contribution < -0.4 is 0 Å². The number of hydrogen-bond donors (Lipinski definition) is 2. The molecule has 1 fully saturated rings. The van der Waals surface area contributed by atoms with Gasteiger partial charge in [-0.05, 0) is 19.3 Å². The number of aliphatic hydroxyl groups is 2. The molecule has 0 aromatic rings. The molecule has 2 N–H and O–H groups in total. The summed E-state index contributed by atoms with van der Waals surface area (Å²) in [7, 11) is 0. The van der Waals surface area contributed by atoms with E-state index >= 15 is 0 Å². The number of amides is 1. The van der Waals surface area contributed by atoms with Crippen molar-refractivity contribution in [3.05, 3.63) is 0 Å². The van der Waals surface area contributed by atoms with Gasteiger partial charge in [-0.1, -0.05) is 0 Å². The number of nitrogens with zero attached hydrogens (tertiary/aromatic N) is 1. The first-order valence-corrected chi connectivity index (χ1v) is 5.89. The Kier molecular flexibility index (Phi) is 6.37. The van der Waals surface area contributed by atoms with Crippen molar-refractivity contribution >= 4 is 5.91 Å². The smallest absolute Gasteiger partial charge is 0.222 e. The van der Waals surface area contributed by atoms with Gasteiger partial charge in [-0.2, -0.15) is 0 Å². The average molecular weight is 231 g/mol. The third-order valence-electron chi connectivity index (χ3n) is 2.80. The van der Waals surface area contributed by atoms with Gasteiger partial charge in [0.2, 0.25) is 5.91 Å². The number of carbonyl (C=O) groups excluding carboxylic acids is 1. The van der Waals surface area contributed by atoms with Gasteiger partial charge in [0, 0.05) is 26.1 Å². The molecule has 94 valence electrons. The summed E-state index contributed by atoms with van der Waals surface area (Å²) in [6, 6.07) is 0. The molecule has 1 aliphatic heterocycles. The van der Waals surface area contributed by atoms with Crippen LogP contribution in [0, 0.1) is 0 Å². The van der Waals surface area contributed by atoms with Crippen LogP contribution in [0.4, 0.5) is 0 Å². The summed E-state index contributed by atoms with van der Waals surface area (Å²) in [6.45, 7) is 1.27. The zero-order valence-electron chi connectivity index (χ0n) is 9.60. The maximum Gasteiger partial charge on any atom is 0.222 e. The van der Waals surface area contributed by atoms with Crippen LogP contribution in [0.5, 0.6) is 0 Å². The lowest BCUT2D eigenvalue weighted by molar-refractivity contribution is -0.132. The largest absolute Gasteiger partial charge is 0.395 e. The number of ether oxygens (including phenoxy) is 1. The molecule has 0 bridgehead atoms. The second kappa shape index (κ2) is 7.60. The van der Waals surface area contributed by atoms with E-state index in [-0.39, 0.29) is 25.2 Å². The lowest BCUT2D eigenvalue weighted by Gasteiger charge is -2.21. The molecule has 1 heterocycles. The topological polar surface area (TPSA) is 70.0 Å². The van der Waals surface area contributed by atoms with Gasteiger partial charge in [-0.15, -0.1) is 0 Å². The van der Waals surface area contributed by atoms with E-state index in [2.05, 4.69) is 0 Å². The predicted octanol–water partition coefficient (Wildman–Crippen LogP) is -0.241. The summed E-state index contributed by atoms with van der Waals surface area (Å²) in [5.74, 6) is -0.0152. The third-order valence-corrected chi connectivity index (χ3v) is 2.80. The Labute approximate surface area is 96.0 Å². The summed E-state index contributed by atoms with van der Waals surface area (Å²) in [5.41, 5.74) is 0. The first kappa shape index (κ1) is 13.4. The Hall–Kier alpha value is -0.650. The van der Waals surface area contributed by atoms with Gasteiger partial charge in [0.05, 0.1) is 19.3 Å². The van der Waals surface area contributed by atoms with Crippen LogP contribution in [0.15, 0.2) is 0 Å². The van der Waals surface area contributed by atoms with Gasteiger partial charge in [0.15, 0.2) is 0 Å². The lowest BCUT2D eigenvalue weighted by atomic mass is 10.1. The Morgan fingerprint density at radius 2 is 2.00 bits per heavy atom. The van der Waals surface area contributed by atoms with Crippen LogP contribution in [0.1, 0.15) is 25.7 Å². The van der Waals surface area contributed by atoms with Gasteiger partial charge >= 0.3 is 0 Å². The van der Waals surface area contributed by atoms with Crippen molar-refractivity contribution in [2.75, 3.05) is 32.9 Å². The minimum atomic E-state index is -0.0638. The van der Waals surface area contributed by atoms with E-state index in [0.717, 1.165) is 25.9 Å². The van der Waals surface area contributed by atoms with Crippen molar-refractivity contribution in [2.45, 2.75) is 31.8 Å². The molecular weight excluding hydrogens is 210 g/mol. The average Bonchev–Trinajstić information content (AvgIpc) is 2.78.